The van der Waals surface area contributed by atoms with Crippen LogP contribution < -0.4 is 10.6 Å². The van der Waals surface area contributed by atoms with Crippen molar-refractivity contribution in [2.75, 3.05) is 20.1 Å². The summed E-state index contributed by atoms with van der Waals surface area (Å²) >= 11 is 0. The second-order valence-corrected chi connectivity index (χ2v) is 7.41. The van der Waals surface area contributed by atoms with Crippen LogP contribution in [0.5, 0.6) is 0 Å². The monoisotopic (exact) mass is 491 g/mol. The SMILES string of the molecule is CN=C(NCCCN(Cc1cccnc1)C(=O)OC(C)(C)C)NC(C)C.I. The fraction of sp³-hybridized carbons (Fsp3) is 0.632. The lowest BCUT2D eigenvalue weighted by Crippen LogP contribution is -2.42. The topological polar surface area (TPSA) is 78.9 Å². The number of carbonyl (C=O) groups is 1. The predicted octanol–water partition coefficient (Wildman–Crippen LogP) is 3.40. The third-order valence-corrected chi connectivity index (χ3v) is 3.29. The molecule has 27 heavy (non-hydrogen) atoms. The first-order chi connectivity index (χ1) is 12.2. The van der Waals surface area contributed by atoms with Crippen LogP contribution in [0.15, 0.2) is 29.5 Å². The molecule has 0 fully saturated rings. The number of amides is 1. The first-order valence-electron chi connectivity index (χ1n) is 9.05. The van der Waals surface area contributed by atoms with Gasteiger partial charge in [0, 0.05) is 38.6 Å². The lowest BCUT2D eigenvalue weighted by atomic mass is 10.2. The summed E-state index contributed by atoms with van der Waals surface area (Å²) in [6.07, 6.45) is 3.95. The van der Waals surface area contributed by atoms with Gasteiger partial charge in [-0.2, -0.15) is 0 Å². The molecule has 1 amide bonds. The average molecular weight is 491 g/mol. The predicted molar refractivity (Wildman–Crippen MR) is 121 cm³/mol. The Morgan fingerprint density at radius 1 is 1.37 bits per heavy atom. The molecule has 0 atom stereocenters. The highest BCUT2D eigenvalue weighted by atomic mass is 127. The molecule has 0 saturated carbocycles. The minimum Gasteiger partial charge on any atom is -0.444 e. The van der Waals surface area contributed by atoms with Gasteiger partial charge in [-0.05, 0) is 52.7 Å². The van der Waals surface area contributed by atoms with Gasteiger partial charge in [0.05, 0.1) is 6.54 Å². The van der Waals surface area contributed by atoms with Crippen LogP contribution in [0.2, 0.25) is 0 Å². The molecule has 2 N–H and O–H groups in total. The Labute approximate surface area is 180 Å². The maximum absolute atomic E-state index is 12.5. The van der Waals surface area contributed by atoms with Gasteiger partial charge >= 0.3 is 6.09 Å². The second kappa shape index (κ2) is 12.7. The van der Waals surface area contributed by atoms with Crippen molar-refractivity contribution >= 4 is 36.0 Å². The van der Waals surface area contributed by atoms with E-state index in [1.807, 2.05) is 32.9 Å². The average Bonchev–Trinajstić information content (AvgIpc) is 2.55. The summed E-state index contributed by atoms with van der Waals surface area (Å²) in [5.74, 6) is 0.760. The number of carbonyl (C=O) groups excluding carboxylic acids is 1. The first kappa shape index (κ1) is 25.4. The first-order valence-corrected chi connectivity index (χ1v) is 9.05. The van der Waals surface area contributed by atoms with E-state index < -0.39 is 5.60 Å². The molecule has 0 bridgehead atoms. The van der Waals surface area contributed by atoms with Gasteiger partial charge in [-0.25, -0.2) is 4.79 Å². The molecule has 1 rings (SSSR count). The van der Waals surface area contributed by atoms with Crippen molar-refractivity contribution in [1.29, 1.82) is 0 Å². The van der Waals surface area contributed by atoms with Crippen LogP contribution in [-0.4, -0.2) is 53.7 Å². The Morgan fingerprint density at radius 3 is 2.59 bits per heavy atom. The number of nitrogens with zero attached hydrogens (tertiary/aromatic N) is 3. The summed E-state index contributed by atoms with van der Waals surface area (Å²) < 4.78 is 5.53. The number of nitrogens with one attached hydrogen (secondary N) is 2. The van der Waals surface area contributed by atoms with Crippen LogP contribution in [0.1, 0.15) is 46.6 Å². The number of halogens is 1. The Hall–Kier alpha value is -1.58. The molecule has 0 unspecified atom stereocenters. The number of pyridine rings is 1. The maximum atomic E-state index is 12.5. The molecule has 1 aromatic rings. The highest BCUT2D eigenvalue weighted by Gasteiger charge is 2.22. The zero-order valence-electron chi connectivity index (χ0n) is 17.3. The fourth-order valence-corrected chi connectivity index (χ4v) is 2.22. The number of rotatable bonds is 7. The molecule has 0 radical (unpaired) electrons. The molecule has 154 valence electrons. The van der Waals surface area contributed by atoms with Crippen LogP contribution in [0, 0.1) is 0 Å². The van der Waals surface area contributed by atoms with Gasteiger partial charge in [0.2, 0.25) is 0 Å². The zero-order chi connectivity index (χ0) is 19.6. The Morgan fingerprint density at radius 2 is 2.07 bits per heavy atom. The molecule has 0 spiro atoms. The van der Waals surface area contributed by atoms with Crippen LogP contribution >= 0.6 is 24.0 Å². The molecular formula is C19H34IN5O2. The second-order valence-electron chi connectivity index (χ2n) is 7.41. The van der Waals surface area contributed by atoms with Gasteiger partial charge in [0.1, 0.15) is 5.60 Å². The van der Waals surface area contributed by atoms with Crippen LogP contribution in [0.3, 0.4) is 0 Å². The lowest BCUT2D eigenvalue weighted by Gasteiger charge is -2.27. The molecule has 0 aliphatic rings. The Balaban J connectivity index is 0.00000676. The molecule has 7 nitrogen and oxygen atoms in total. The van der Waals surface area contributed by atoms with Crippen LogP contribution in [-0.2, 0) is 11.3 Å². The standard InChI is InChI=1S/C19H33N5O2.HI/c1-15(2)23-17(20-6)22-11-8-12-24(18(25)26-19(3,4)5)14-16-9-7-10-21-13-16;/h7,9-10,13,15H,8,11-12,14H2,1-6H3,(H2,20,22,23);1H. The number of ether oxygens (including phenoxy) is 1. The molecule has 8 heteroatoms. The van der Waals surface area contributed by atoms with E-state index in [4.69, 9.17) is 4.74 Å². The molecule has 1 heterocycles. The van der Waals surface area contributed by atoms with E-state index in [1.54, 1.807) is 24.3 Å². The summed E-state index contributed by atoms with van der Waals surface area (Å²) in [6.45, 7) is 11.5. The molecular weight excluding hydrogens is 457 g/mol. The molecule has 0 saturated heterocycles. The summed E-state index contributed by atoms with van der Waals surface area (Å²) in [4.78, 5) is 22.5. The summed E-state index contributed by atoms with van der Waals surface area (Å²) in [7, 11) is 1.74. The van der Waals surface area contributed by atoms with Crippen molar-refractivity contribution in [1.82, 2.24) is 20.5 Å². The van der Waals surface area contributed by atoms with Gasteiger partial charge < -0.3 is 20.3 Å². The summed E-state index contributed by atoms with van der Waals surface area (Å²) in [5, 5.41) is 6.49. The number of hydrogen-bond acceptors (Lipinski definition) is 4. The van der Waals surface area contributed by atoms with Crippen molar-refractivity contribution in [2.45, 2.75) is 59.2 Å². The number of aromatic nitrogens is 1. The van der Waals surface area contributed by atoms with Crippen molar-refractivity contribution < 1.29 is 9.53 Å². The highest BCUT2D eigenvalue weighted by molar-refractivity contribution is 14.0. The summed E-state index contributed by atoms with van der Waals surface area (Å²) in [5.41, 5.74) is 0.453. The zero-order valence-corrected chi connectivity index (χ0v) is 19.6. The van der Waals surface area contributed by atoms with Crippen LogP contribution in [0.25, 0.3) is 0 Å². The Kier molecular flexibility index (Phi) is 12.0. The third kappa shape index (κ3) is 11.7. The van der Waals surface area contributed by atoms with Crippen molar-refractivity contribution in [3.63, 3.8) is 0 Å². The van der Waals surface area contributed by atoms with E-state index in [1.165, 1.54) is 0 Å². The number of hydrogen-bond donors (Lipinski definition) is 2. The van der Waals surface area contributed by atoms with Gasteiger partial charge in [-0.15, -0.1) is 24.0 Å². The molecule has 0 aromatic carbocycles. The number of guanidine groups is 1. The van der Waals surface area contributed by atoms with E-state index >= 15 is 0 Å². The van der Waals surface area contributed by atoms with Crippen LogP contribution in [0.4, 0.5) is 4.79 Å². The normalized spacial score (nSPS) is 11.6. The van der Waals surface area contributed by atoms with Gasteiger partial charge in [0.25, 0.3) is 0 Å². The van der Waals surface area contributed by atoms with Crippen molar-refractivity contribution in [2.24, 2.45) is 4.99 Å². The van der Waals surface area contributed by atoms with E-state index in [9.17, 15) is 4.79 Å². The minimum absolute atomic E-state index is 0. The van der Waals surface area contributed by atoms with E-state index in [2.05, 4.69) is 34.5 Å². The van der Waals surface area contributed by atoms with E-state index in [0.29, 0.717) is 25.7 Å². The molecule has 0 aliphatic heterocycles. The largest absolute Gasteiger partial charge is 0.444 e. The van der Waals surface area contributed by atoms with E-state index in [0.717, 1.165) is 17.9 Å². The van der Waals surface area contributed by atoms with Crippen molar-refractivity contribution in [3.8, 4) is 0 Å². The number of aliphatic imine (C=N–C) groups is 1. The smallest absolute Gasteiger partial charge is 0.410 e. The third-order valence-electron chi connectivity index (χ3n) is 3.29. The molecule has 1 aromatic heterocycles. The van der Waals surface area contributed by atoms with Gasteiger partial charge in [-0.1, -0.05) is 6.07 Å². The summed E-state index contributed by atoms with van der Waals surface area (Å²) in [6, 6.07) is 4.13. The minimum atomic E-state index is -0.522. The maximum Gasteiger partial charge on any atom is 0.410 e. The highest BCUT2D eigenvalue weighted by Crippen LogP contribution is 2.12. The quantitative estimate of drug-likeness (QED) is 0.265. The van der Waals surface area contributed by atoms with E-state index in [-0.39, 0.29) is 30.1 Å². The fourth-order valence-electron chi connectivity index (χ4n) is 2.22. The lowest BCUT2D eigenvalue weighted by molar-refractivity contribution is 0.0232. The van der Waals surface area contributed by atoms with Crippen molar-refractivity contribution in [3.05, 3.63) is 30.1 Å². The van der Waals surface area contributed by atoms with Gasteiger partial charge in [-0.3, -0.25) is 9.98 Å². The molecule has 0 aliphatic carbocycles. The Bertz CT molecular complexity index is 573. The van der Waals surface area contributed by atoms with Gasteiger partial charge in [0.15, 0.2) is 5.96 Å².